The molecule has 0 heterocycles. The van der Waals surface area contributed by atoms with Gasteiger partial charge in [0.2, 0.25) is 5.91 Å². The number of carbonyl (C=O) groups is 2. The first kappa shape index (κ1) is 18.7. The van der Waals surface area contributed by atoms with Gasteiger partial charge in [-0.1, -0.05) is 37.1 Å². The van der Waals surface area contributed by atoms with E-state index in [2.05, 4.69) is 29.4 Å². The lowest BCUT2D eigenvalue weighted by Gasteiger charge is -2.28. The summed E-state index contributed by atoms with van der Waals surface area (Å²) >= 11 is 5.94. The first-order valence-electron chi connectivity index (χ1n) is 8.60. The number of benzene rings is 1. The molecule has 2 N–H and O–H groups in total. The third kappa shape index (κ3) is 5.80. The van der Waals surface area contributed by atoms with Crippen molar-refractivity contribution in [2.24, 2.45) is 0 Å². The molecule has 1 atom stereocenters. The highest BCUT2D eigenvalue weighted by Gasteiger charge is 2.34. The highest BCUT2D eigenvalue weighted by atomic mass is 35.5. The minimum Gasteiger partial charge on any atom is -0.338 e. The zero-order valence-electron chi connectivity index (χ0n) is 14.3. The van der Waals surface area contributed by atoms with Crippen molar-refractivity contribution in [2.75, 3.05) is 13.1 Å². The zero-order chi connectivity index (χ0) is 17.5. The molecule has 0 saturated heterocycles. The maximum absolute atomic E-state index is 12.2. The lowest BCUT2D eigenvalue weighted by Crippen LogP contribution is -2.45. The van der Waals surface area contributed by atoms with E-state index in [1.54, 1.807) is 0 Å². The van der Waals surface area contributed by atoms with Crippen LogP contribution in [0.25, 0.3) is 0 Å². The zero-order valence-corrected chi connectivity index (χ0v) is 15.1. The lowest BCUT2D eigenvalue weighted by molar-refractivity contribution is -0.121. The molecule has 0 spiro atoms. The van der Waals surface area contributed by atoms with Gasteiger partial charge in [-0.3, -0.25) is 15.0 Å². The third-order valence-corrected chi connectivity index (χ3v) is 4.51. The van der Waals surface area contributed by atoms with E-state index in [-0.39, 0.29) is 18.5 Å². The average Bonchev–Trinajstić information content (AvgIpc) is 3.37. The quantitative estimate of drug-likeness (QED) is 0.705. The van der Waals surface area contributed by atoms with Gasteiger partial charge in [0, 0.05) is 23.7 Å². The van der Waals surface area contributed by atoms with Crippen LogP contribution in [0.3, 0.4) is 0 Å². The second kappa shape index (κ2) is 9.04. The second-order valence-electron chi connectivity index (χ2n) is 6.29. The molecule has 1 aliphatic carbocycles. The number of nitrogens with zero attached hydrogens (tertiary/aromatic N) is 1. The van der Waals surface area contributed by atoms with Gasteiger partial charge in [-0.25, -0.2) is 4.79 Å². The van der Waals surface area contributed by atoms with Gasteiger partial charge in [-0.05, 0) is 43.9 Å². The van der Waals surface area contributed by atoms with Gasteiger partial charge in [0.25, 0.3) is 0 Å². The molecule has 24 heavy (non-hydrogen) atoms. The third-order valence-electron chi connectivity index (χ3n) is 4.26. The SMILES string of the molecule is CCCCNC(=O)NC(=O)CN(C1CC1)C(C)c1ccc(Cl)cc1. The molecule has 0 bridgehead atoms. The molecular formula is C18H26ClN3O2. The predicted molar refractivity (Wildman–Crippen MR) is 96.0 cm³/mol. The van der Waals surface area contributed by atoms with Crippen LogP contribution in [-0.2, 0) is 4.79 Å². The minimum atomic E-state index is -0.414. The fraction of sp³-hybridized carbons (Fsp3) is 0.556. The van der Waals surface area contributed by atoms with Crippen LogP contribution in [0.4, 0.5) is 4.79 Å². The fourth-order valence-corrected chi connectivity index (χ4v) is 2.80. The average molecular weight is 352 g/mol. The molecule has 0 aromatic heterocycles. The summed E-state index contributed by atoms with van der Waals surface area (Å²) < 4.78 is 0. The Hall–Kier alpha value is -1.59. The number of unbranched alkanes of at least 4 members (excludes halogenated alkanes) is 1. The Morgan fingerprint density at radius 2 is 1.96 bits per heavy atom. The molecule has 1 aromatic carbocycles. The summed E-state index contributed by atoms with van der Waals surface area (Å²) in [6, 6.07) is 7.78. The maximum Gasteiger partial charge on any atom is 0.321 e. The van der Waals surface area contributed by atoms with E-state index < -0.39 is 6.03 Å². The van der Waals surface area contributed by atoms with Gasteiger partial charge in [-0.2, -0.15) is 0 Å². The Bertz CT molecular complexity index is 558. The molecule has 132 valence electrons. The number of nitrogens with one attached hydrogen (secondary N) is 2. The summed E-state index contributed by atoms with van der Waals surface area (Å²) in [5, 5.41) is 5.81. The van der Waals surface area contributed by atoms with Crippen molar-refractivity contribution in [3.8, 4) is 0 Å². The number of urea groups is 1. The van der Waals surface area contributed by atoms with E-state index in [9.17, 15) is 9.59 Å². The monoisotopic (exact) mass is 351 g/mol. The molecule has 5 nitrogen and oxygen atoms in total. The smallest absolute Gasteiger partial charge is 0.321 e. The van der Waals surface area contributed by atoms with Crippen LogP contribution in [0.15, 0.2) is 24.3 Å². The number of hydrogen-bond donors (Lipinski definition) is 2. The highest BCUT2D eigenvalue weighted by Crippen LogP contribution is 2.34. The molecule has 1 aromatic rings. The Balaban J connectivity index is 1.90. The predicted octanol–water partition coefficient (Wildman–Crippen LogP) is 3.49. The number of hydrogen-bond acceptors (Lipinski definition) is 3. The van der Waals surface area contributed by atoms with E-state index in [1.807, 2.05) is 24.3 Å². The molecule has 3 amide bonds. The summed E-state index contributed by atoms with van der Waals surface area (Å²) in [7, 11) is 0. The van der Waals surface area contributed by atoms with E-state index >= 15 is 0 Å². The molecule has 1 aliphatic rings. The molecule has 1 unspecified atom stereocenters. The molecule has 0 radical (unpaired) electrons. The summed E-state index contributed by atoms with van der Waals surface area (Å²) in [5.41, 5.74) is 1.12. The topological polar surface area (TPSA) is 61.4 Å². The van der Waals surface area contributed by atoms with E-state index in [0.29, 0.717) is 17.6 Å². The van der Waals surface area contributed by atoms with E-state index in [1.165, 1.54) is 0 Å². The van der Waals surface area contributed by atoms with Crippen LogP contribution in [-0.4, -0.2) is 36.0 Å². The van der Waals surface area contributed by atoms with Crippen molar-refractivity contribution in [2.45, 2.75) is 51.6 Å². The van der Waals surface area contributed by atoms with Crippen molar-refractivity contribution in [3.05, 3.63) is 34.9 Å². The normalized spacial score (nSPS) is 15.2. The summed E-state index contributed by atoms with van der Waals surface area (Å²) in [6.07, 6.45) is 4.09. The Morgan fingerprint density at radius 3 is 2.54 bits per heavy atom. The van der Waals surface area contributed by atoms with Crippen LogP contribution >= 0.6 is 11.6 Å². The van der Waals surface area contributed by atoms with Crippen LogP contribution < -0.4 is 10.6 Å². The van der Waals surface area contributed by atoms with Crippen molar-refractivity contribution in [3.63, 3.8) is 0 Å². The van der Waals surface area contributed by atoms with Gasteiger partial charge in [0.1, 0.15) is 0 Å². The molecular weight excluding hydrogens is 326 g/mol. The second-order valence-corrected chi connectivity index (χ2v) is 6.73. The Labute approximate surface area is 148 Å². The Morgan fingerprint density at radius 1 is 1.29 bits per heavy atom. The highest BCUT2D eigenvalue weighted by molar-refractivity contribution is 6.30. The molecule has 1 saturated carbocycles. The fourth-order valence-electron chi connectivity index (χ4n) is 2.68. The van der Waals surface area contributed by atoms with Crippen molar-refractivity contribution >= 4 is 23.5 Å². The molecule has 0 aliphatic heterocycles. The van der Waals surface area contributed by atoms with Crippen molar-refractivity contribution in [1.82, 2.24) is 15.5 Å². The van der Waals surface area contributed by atoms with E-state index in [4.69, 9.17) is 11.6 Å². The van der Waals surface area contributed by atoms with Crippen molar-refractivity contribution < 1.29 is 9.59 Å². The number of rotatable bonds is 8. The largest absolute Gasteiger partial charge is 0.338 e. The molecule has 6 heteroatoms. The van der Waals surface area contributed by atoms with Crippen LogP contribution in [0, 0.1) is 0 Å². The van der Waals surface area contributed by atoms with E-state index in [0.717, 1.165) is 31.2 Å². The van der Waals surface area contributed by atoms with Crippen LogP contribution in [0.2, 0.25) is 5.02 Å². The molecule has 2 rings (SSSR count). The molecule has 1 fully saturated rings. The first-order chi connectivity index (χ1) is 11.5. The van der Waals surface area contributed by atoms with Gasteiger partial charge < -0.3 is 5.32 Å². The minimum absolute atomic E-state index is 0.101. The summed E-state index contributed by atoms with van der Waals surface area (Å²) in [4.78, 5) is 26.0. The number of imide groups is 1. The maximum atomic E-state index is 12.2. The van der Waals surface area contributed by atoms with Gasteiger partial charge >= 0.3 is 6.03 Å². The van der Waals surface area contributed by atoms with Gasteiger partial charge in [0.15, 0.2) is 0 Å². The van der Waals surface area contributed by atoms with Crippen molar-refractivity contribution in [1.29, 1.82) is 0 Å². The number of amides is 3. The van der Waals surface area contributed by atoms with Gasteiger partial charge in [0.05, 0.1) is 6.54 Å². The van der Waals surface area contributed by atoms with Gasteiger partial charge in [-0.15, -0.1) is 0 Å². The number of carbonyl (C=O) groups excluding carboxylic acids is 2. The summed E-state index contributed by atoms with van der Waals surface area (Å²) in [6.45, 7) is 4.94. The standard InChI is InChI=1S/C18H26ClN3O2/c1-3-4-11-20-18(24)21-17(23)12-22(16-9-10-16)13(2)14-5-7-15(19)8-6-14/h5-8,13,16H,3-4,9-12H2,1-2H3,(H2,20,21,23,24). The van der Waals surface area contributed by atoms with Crippen LogP contribution in [0.5, 0.6) is 0 Å². The number of halogens is 1. The first-order valence-corrected chi connectivity index (χ1v) is 8.98. The Kier molecular flexibility index (Phi) is 7.06. The lowest BCUT2D eigenvalue weighted by atomic mass is 10.1. The summed E-state index contributed by atoms with van der Waals surface area (Å²) in [5.74, 6) is -0.267. The van der Waals surface area contributed by atoms with Crippen LogP contribution in [0.1, 0.15) is 51.1 Å².